The summed E-state index contributed by atoms with van der Waals surface area (Å²) in [7, 11) is 0. The summed E-state index contributed by atoms with van der Waals surface area (Å²) >= 11 is 3.19. The highest BCUT2D eigenvalue weighted by molar-refractivity contribution is 9.10. The van der Waals surface area contributed by atoms with E-state index in [-0.39, 0.29) is 17.1 Å². The third-order valence-electron chi connectivity index (χ3n) is 2.68. The van der Waals surface area contributed by atoms with Crippen LogP contribution in [0.3, 0.4) is 0 Å². The fourth-order valence-corrected chi connectivity index (χ4v) is 2.22. The van der Waals surface area contributed by atoms with Gasteiger partial charge in [0.2, 0.25) is 6.43 Å². The average molecular weight is 397 g/mol. The van der Waals surface area contributed by atoms with Crippen molar-refractivity contribution in [3.05, 3.63) is 52.5 Å². The van der Waals surface area contributed by atoms with Gasteiger partial charge in [-0.05, 0) is 42.5 Å². The van der Waals surface area contributed by atoms with Gasteiger partial charge >= 0.3 is 6.36 Å². The number of hydrogen-bond donors (Lipinski definition) is 0. The van der Waals surface area contributed by atoms with E-state index in [2.05, 4.69) is 20.7 Å². The molecule has 2 nitrogen and oxygen atoms in total. The van der Waals surface area contributed by atoms with Crippen LogP contribution in [0.1, 0.15) is 5.56 Å². The number of halogens is 6. The Bertz CT molecular complexity index is 656. The molecular weight excluding hydrogens is 387 g/mol. The van der Waals surface area contributed by atoms with Crippen molar-refractivity contribution in [1.29, 1.82) is 0 Å². The minimum atomic E-state index is -4.78. The Kier molecular flexibility index (Phi) is 5.46. The number of benzene rings is 2. The van der Waals surface area contributed by atoms with Crippen LogP contribution in [0.15, 0.2) is 46.9 Å². The zero-order valence-corrected chi connectivity index (χ0v) is 13.0. The standard InChI is InChI=1S/C15H10BrF5O2/c16-10-1-6-13(9(7-10)8-14(17)18)22-11-2-4-12(5-3-11)23-15(19,20)21/h1-7,14H,8H2. The van der Waals surface area contributed by atoms with Crippen molar-refractivity contribution in [2.24, 2.45) is 0 Å². The average Bonchev–Trinajstić information content (AvgIpc) is 2.41. The van der Waals surface area contributed by atoms with E-state index in [0.717, 1.165) is 12.1 Å². The lowest BCUT2D eigenvalue weighted by molar-refractivity contribution is -0.274. The van der Waals surface area contributed by atoms with Gasteiger partial charge in [-0.2, -0.15) is 0 Å². The quantitative estimate of drug-likeness (QED) is 0.581. The van der Waals surface area contributed by atoms with Gasteiger partial charge in [0, 0.05) is 16.5 Å². The SMILES string of the molecule is FC(F)Cc1cc(Br)ccc1Oc1ccc(OC(F)(F)F)cc1. The first kappa shape index (κ1) is 17.5. The molecule has 2 aromatic rings. The van der Waals surface area contributed by atoms with Crippen LogP contribution in [0.5, 0.6) is 17.2 Å². The molecule has 0 unspecified atom stereocenters. The van der Waals surface area contributed by atoms with Crippen molar-refractivity contribution < 1.29 is 31.4 Å². The summed E-state index contributed by atoms with van der Waals surface area (Å²) in [6.45, 7) is 0. The van der Waals surface area contributed by atoms with Crippen molar-refractivity contribution in [3.8, 4) is 17.2 Å². The molecule has 0 heterocycles. The maximum absolute atomic E-state index is 12.6. The normalized spacial score (nSPS) is 11.6. The maximum Gasteiger partial charge on any atom is 0.573 e. The maximum atomic E-state index is 12.6. The fraction of sp³-hybridized carbons (Fsp3) is 0.200. The van der Waals surface area contributed by atoms with Gasteiger partial charge in [-0.3, -0.25) is 0 Å². The Morgan fingerprint density at radius 3 is 2.13 bits per heavy atom. The molecule has 0 atom stereocenters. The number of hydrogen-bond acceptors (Lipinski definition) is 2. The van der Waals surface area contributed by atoms with Crippen molar-refractivity contribution >= 4 is 15.9 Å². The third kappa shape index (κ3) is 5.70. The van der Waals surface area contributed by atoms with Crippen LogP contribution in [-0.2, 0) is 6.42 Å². The molecule has 0 fully saturated rings. The predicted octanol–water partition coefficient (Wildman–Crippen LogP) is 5.95. The second kappa shape index (κ2) is 7.16. The highest BCUT2D eigenvalue weighted by Crippen LogP contribution is 2.31. The molecular formula is C15H10BrF5O2. The molecule has 0 aliphatic carbocycles. The van der Waals surface area contributed by atoms with E-state index in [1.807, 2.05) is 0 Å². The van der Waals surface area contributed by atoms with E-state index < -0.39 is 25.0 Å². The zero-order valence-electron chi connectivity index (χ0n) is 11.4. The van der Waals surface area contributed by atoms with Gasteiger partial charge in [-0.25, -0.2) is 8.78 Å². The van der Waals surface area contributed by atoms with E-state index in [0.29, 0.717) is 4.47 Å². The van der Waals surface area contributed by atoms with Gasteiger partial charge in [0.25, 0.3) is 0 Å². The molecule has 0 aliphatic rings. The van der Waals surface area contributed by atoms with E-state index >= 15 is 0 Å². The Balaban J connectivity index is 2.16. The summed E-state index contributed by atoms with van der Waals surface area (Å²) in [5, 5.41) is 0. The second-order valence-electron chi connectivity index (χ2n) is 4.47. The predicted molar refractivity (Wildman–Crippen MR) is 77.0 cm³/mol. The summed E-state index contributed by atoms with van der Waals surface area (Å²) < 4.78 is 71.2. The van der Waals surface area contributed by atoms with Crippen molar-refractivity contribution in [1.82, 2.24) is 0 Å². The summed E-state index contributed by atoms with van der Waals surface area (Å²) in [5.74, 6) is 0.0174. The molecule has 0 amide bonds. The molecule has 0 bridgehead atoms. The Morgan fingerprint density at radius 1 is 0.957 bits per heavy atom. The van der Waals surface area contributed by atoms with Crippen molar-refractivity contribution in [3.63, 3.8) is 0 Å². The summed E-state index contributed by atoms with van der Waals surface area (Å²) in [4.78, 5) is 0. The van der Waals surface area contributed by atoms with E-state index in [1.54, 1.807) is 6.07 Å². The smallest absolute Gasteiger partial charge is 0.457 e. The number of alkyl halides is 5. The molecule has 0 saturated carbocycles. The van der Waals surface area contributed by atoms with Gasteiger partial charge in [0.1, 0.15) is 17.2 Å². The van der Waals surface area contributed by atoms with Gasteiger partial charge < -0.3 is 9.47 Å². The topological polar surface area (TPSA) is 18.5 Å². The minimum Gasteiger partial charge on any atom is -0.457 e. The zero-order chi connectivity index (χ0) is 17.0. The molecule has 2 aromatic carbocycles. The molecule has 8 heteroatoms. The second-order valence-corrected chi connectivity index (χ2v) is 5.38. The lowest BCUT2D eigenvalue weighted by atomic mass is 10.1. The van der Waals surface area contributed by atoms with E-state index in [9.17, 15) is 22.0 Å². The lowest BCUT2D eigenvalue weighted by Crippen LogP contribution is -2.16. The molecule has 124 valence electrons. The monoisotopic (exact) mass is 396 g/mol. The summed E-state index contributed by atoms with van der Waals surface area (Å²) in [6, 6.07) is 9.30. The molecule has 23 heavy (non-hydrogen) atoms. The molecule has 0 N–H and O–H groups in total. The summed E-state index contributed by atoms with van der Waals surface area (Å²) in [5.41, 5.74) is 0.282. The highest BCUT2D eigenvalue weighted by atomic mass is 79.9. The molecule has 2 rings (SSSR count). The minimum absolute atomic E-state index is 0.206. The Hall–Kier alpha value is -1.83. The number of rotatable bonds is 5. The van der Waals surface area contributed by atoms with E-state index in [1.165, 1.54) is 24.3 Å². The van der Waals surface area contributed by atoms with Crippen LogP contribution in [-0.4, -0.2) is 12.8 Å². The largest absolute Gasteiger partial charge is 0.573 e. The highest BCUT2D eigenvalue weighted by Gasteiger charge is 2.31. The lowest BCUT2D eigenvalue weighted by Gasteiger charge is -2.13. The van der Waals surface area contributed by atoms with Crippen LogP contribution >= 0.6 is 15.9 Å². The van der Waals surface area contributed by atoms with E-state index in [4.69, 9.17) is 4.74 Å². The molecule has 0 spiro atoms. The first-order valence-electron chi connectivity index (χ1n) is 6.33. The van der Waals surface area contributed by atoms with Crippen LogP contribution in [0.4, 0.5) is 22.0 Å². The van der Waals surface area contributed by atoms with Gasteiger partial charge in [0.15, 0.2) is 0 Å². The molecule has 0 radical (unpaired) electrons. The number of ether oxygens (including phenoxy) is 2. The molecule has 0 aromatic heterocycles. The van der Waals surface area contributed by atoms with Crippen LogP contribution in [0, 0.1) is 0 Å². The molecule has 0 saturated heterocycles. The first-order chi connectivity index (χ1) is 10.7. The van der Waals surface area contributed by atoms with Gasteiger partial charge in [-0.15, -0.1) is 13.2 Å². The summed E-state index contributed by atoms with van der Waals surface area (Å²) in [6.07, 6.45) is -7.82. The van der Waals surface area contributed by atoms with Crippen LogP contribution in [0.2, 0.25) is 0 Å². The van der Waals surface area contributed by atoms with Crippen molar-refractivity contribution in [2.75, 3.05) is 0 Å². The van der Waals surface area contributed by atoms with Crippen molar-refractivity contribution in [2.45, 2.75) is 19.2 Å². The Morgan fingerprint density at radius 2 is 1.57 bits per heavy atom. The first-order valence-corrected chi connectivity index (χ1v) is 7.12. The fourth-order valence-electron chi connectivity index (χ4n) is 1.81. The molecule has 0 aliphatic heterocycles. The van der Waals surface area contributed by atoms with Crippen LogP contribution < -0.4 is 9.47 Å². The third-order valence-corrected chi connectivity index (χ3v) is 3.18. The Labute approximate surface area is 137 Å². The van der Waals surface area contributed by atoms with Gasteiger partial charge in [0.05, 0.1) is 0 Å². The van der Waals surface area contributed by atoms with Crippen LogP contribution in [0.25, 0.3) is 0 Å². The van der Waals surface area contributed by atoms with Gasteiger partial charge in [-0.1, -0.05) is 15.9 Å².